The van der Waals surface area contributed by atoms with E-state index >= 15 is 0 Å². The van der Waals surface area contributed by atoms with Crippen LogP contribution in [0, 0.1) is 0 Å². The molecule has 1 rings (SSSR count). The number of rotatable bonds is 9. The van der Waals surface area contributed by atoms with Gasteiger partial charge < -0.3 is 5.11 Å². The summed E-state index contributed by atoms with van der Waals surface area (Å²) >= 11 is 0. The van der Waals surface area contributed by atoms with Crippen molar-refractivity contribution in [1.29, 1.82) is 0 Å². The van der Waals surface area contributed by atoms with Gasteiger partial charge in [-0.05, 0) is 31.0 Å². The molecule has 1 unspecified atom stereocenters. The average Bonchev–Trinajstić information content (AvgIpc) is 2.38. The van der Waals surface area contributed by atoms with Crippen molar-refractivity contribution in [3.8, 4) is 0 Å². The summed E-state index contributed by atoms with van der Waals surface area (Å²) in [4.78, 5) is 10.7. The predicted molar refractivity (Wildman–Crippen MR) is 82.8 cm³/mol. The molecular weight excluding hydrogens is 290 g/mol. The molecule has 0 aliphatic heterocycles. The van der Waals surface area contributed by atoms with Crippen molar-refractivity contribution in [2.45, 2.75) is 51.3 Å². The first-order valence-electron chi connectivity index (χ1n) is 7.16. The first-order chi connectivity index (χ1) is 9.84. The number of hydrogen-bond donors (Lipinski definition) is 2. The van der Waals surface area contributed by atoms with Crippen molar-refractivity contribution in [3.63, 3.8) is 0 Å². The zero-order chi connectivity index (χ0) is 15.9. The van der Waals surface area contributed by atoms with Gasteiger partial charge in [-0.25, -0.2) is 17.9 Å². The summed E-state index contributed by atoms with van der Waals surface area (Å²) in [6, 6.07) is 5.81. The molecule has 1 aromatic rings. The second kappa shape index (κ2) is 8.14. The minimum Gasteiger partial charge on any atom is -0.478 e. The summed E-state index contributed by atoms with van der Waals surface area (Å²) in [6.07, 6.45) is 4.04. The molecule has 0 aliphatic carbocycles. The van der Waals surface area contributed by atoms with Crippen LogP contribution in [-0.2, 0) is 15.8 Å². The van der Waals surface area contributed by atoms with Crippen LogP contribution in [0.2, 0.25) is 0 Å². The highest BCUT2D eigenvalue weighted by atomic mass is 32.2. The maximum absolute atomic E-state index is 12.0. The van der Waals surface area contributed by atoms with E-state index in [1.807, 2.05) is 6.92 Å². The second-order valence-corrected chi connectivity index (χ2v) is 7.03. The van der Waals surface area contributed by atoms with Crippen LogP contribution >= 0.6 is 0 Å². The van der Waals surface area contributed by atoms with Gasteiger partial charge in [-0.15, -0.1) is 0 Å². The molecule has 0 saturated heterocycles. The number of nitrogens with one attached hydrogen (secondary N) is 1. The van der Waals surface area contributed by atoms with Crippen LogP contribution in [-0.4, -0.2) is 25.5 Å². The molecule has 6 heteroatoms. The molecule has 2 N–H and O–H groups in total. The summed E-state index contributed by atoms with van der Waals surface area (Å²) in [5, 5.41) is 8.80. The van der Waals surface area contributed by atoms with Crippen molar-refractivity contribution < 1.29 is 18.3 Å². The highest BCUT2D eigenvalue weighted by Gasteiger charge is 2.15. The van der Waals surface area contributed by atoms with Gasteiger partial charge in [0.25, 0.3) is 0 Å². The first kappa shape index (κ1) is 17.7. The Morgan fingerprint density at radius 2 is 1.86 bits per heavy atom. The fraction of sp³-hybridized carbons (Fsp3) is 0.533. The maximum Gasteiger partial charge on any atom is 0.335 e. The second-order valence-electron chi connectivity index (χ2n) is 5.28. The smallest absolute Gasteiger partial charge is 0.335 e. The molecule has 118 valence electrons. The lowest BCUT2D eigenvalue weighted by atomic mass is 10.1. The summed E-state index contributed by atoms with van der Waals surface area (Å²) < 4.78 is 26.7. The highest BCUT2D eigenvalue weighted by molar-refractivity contribution is 7.88. The van der Waals surface area contributed by atoms with Gasteiger partial charge in [0.2, 0.25) is 10.0 Å². The van der Waals surface area contributed by atoms with E-state index < -0.39 is 16.0 Å². The lowest BCUT2D eigenvalue weighted by molar-refractivity contribution is 0.0697. The molecule has 0 radical (unpaired) electrons. The molecule has 1 aromatic carbocycles. The molecule has 0 spiro atoms. The van der Waals surface area contributed by atoms with Gasteiger partial charge in [0.05, 0.1) is 11.3 Å². The molecule has 0 aromatic heterocycles. The number of sulfonamides is 1. The van der Waals surface area contributed by atoms with Gasteiger partial charge in [-0.3, -0.25) is 0 Å². The third-order valence-corrected chi connectivity index (χ3v) is 4.65. The van der Waals surface area contributed by atoms with E-state index in [9.17, 15) is 13.2 Å². The number of hydrogen-bond acceptors (Lipinski definition) is 3. The first-order valence-corrected chi connectivity index (χ1v) is 8.81. The Hall–Kier alpha value is -1.40. The van der Waals surface area contributed by atoms with E-state index in [1.165, 1.54) is 24.3 Å². The fourth-order valence-electron chi connectivity index (χ4n) is 2.07. The number of carboxylic acid groups (broad SMARTS) is 1. The molecule has 0 fully saturated rings. The van der Waals surface area contributed by atoms with Gasteiger partial charge in [0.15, 0.2) is 0 Å². The number of benzene rings is 1. The monoisotopic (exact) mass is 313 g/mol. The zero-order valence-electron chi connectivity index (χ0n) is 12.5. The molecular formula is C15H23NO4S. The van der Waals surface area contributed by atoms with E-state index in [0.29, 0.717) is 5.56 Å². The normalized spacial score (nSPS) is 13.0. The summed E-state index contributed by atoms with van der Waals surface area (Å²) in [5.74, 6) is -1.16. The largest absolute Gasteiger partial charge is 0.478 e. The molecule has 21 heavy (non-hydrogen) atoms. The van der Waals surface area contributed by atoms with E-state index in [0.717, 1.165) is 25.7 Å². The van der Waals surface area contributed by atoms with Crippen molar-refractivity contribution in [2.75, 3.05) is 0 Å². The van der Waals surface area contributed by atoms with Crippen molar-refractivity contribution >= 4 is 16.0 Å². The van der Waals surface area contributed by atoms with Crippen LogP contribution in [0.3, 0.4) is 0 Å². The third-order valence-electron chi connectivity index (χ3n) is 3.18. The van der Waals surface area contributed by atoms with Crippen LogP contribution in [0.4, 0.5) is 0 Å². The van der Waals surface area contributed by atoms with Crippen LogP contribution in [0.1, 0.15) is 55.5 Å². The Balaban J connectivity index is 2.57. The fourth-order valence-corrected chi connectivity index (χ4v) is 3.52. The predicted octanol–water partition coefficient (Wildman–Crippen LogP) is 2.77. The topological polar surface area (TPSA) is 83.5 Å². The van der Waals surface area contributed by atoms with Crippen molar-refractivity contribution in [2.24, 2.45) is 0 Å². The Kier molecular flexibility index (Phi) is 6.84. The average molecular weight is 313 g/mol. The highest BCUT2D eigenvalue weighted by Crippen LogP contribution is 2.10. The molecule has 1 atom stereocenters. The van der Waals surface area contributed by atoms with Gasteiger partial charge in [0, 0.05) is 6.04 Å². The molecule has 0 aliphatic rings. The molecule has 0 amide bonds. The zero-order valence-corrected chi connectivity index (χ0v) is 13.3. The lowest BCUT2D eigenvalue weighted by Crippen LogP contribution is -2.33. The summed E-state index contributed by atoms with van der Waals surface area (Å²) in [7, 11) is -3.40. The van der Waals surface area contributed by atoms with Crippen LogP contribution < -0.4 is 4.72 Å². The van der Waals surface area contributed by atoms with Crippen LogP contribution in [0.5, 0.6) is 0 Å². The maximum atomic E-state index is 12.0. The van der Waals surface area contributed by atoms with Gasteiger partial charge in [-0.1, -0.05) is 38.3 Å². The lowest BCUT2D eigenvalue weighted by Gasteiger charge is -2.14. The number of unbranched alkanes of at least 4 members (excludes halogenated alkanes) is 2. The standard InChI is InChI=1S/C15H23NO4S/c1-3-4-5-6-12(2)16-21(19,20)11-13-7-9-14(10-8-13)15(17)18/h7-10,12,16H,3-6,11H2,1-2H3,(H,17,18). The molecule has 0 saturated carbocycles. The van der Waals surface area contributed by atoms with Gasteiger partial charge >= 0.3 is 5.97 Å². The summed E-state index contributed by atoms with van der Waals surface area (Å²) in [5.41, 5.74) is 0.727. The molecule has 5 nitrogen and oxygen atoms in total. The van der Waals surface area contributed by atoms with Crippen LogP contribution in [0.25, 0.3) is 0 Å². The van der Waals surface area contributed by atoms with Gasteiger partial charge in [0.1, 0.15) is 0 Å². The van der Waals surface area contributed by atoms with E-state index in [-0.39, 0.29) is 17.4 Å². The summed E-state index contributed by atoms with van der Waals surface area (Å²) in [6.45, 7) is 3.97. The Morgan fingerprint density at radius 1 is 1.24 bits per heavy atom. The third kappa shape index (κ3) is 6.73. The van der Waals surface area contributed by atoms with Crippen molar-refractivity contribution in [3.05, 3.63) is 35.4 Å². The van der Waals surface area contributed by atoms with E-state index in [4.69, 9.17) is 5.11 Å². The van der Waals surface area contributed by atoms with E-state index in [1.54, 1.807) is 0 Å². The number of carboxylic acids is 1. The Labute approximate surface area is 126 Å². The SMILES string of the molecule is CCCCCC(C)NS(=O)(=O)Cc1ccc(C(=O)O)cc1. The molecule has 0 heterocycles. The number of carbonyl (C=O) groups is 1. The Morgan fingerprint density at radius 3 is 2.38 bits per heavy atom. The minimum absolute atomic E-state index is 0.0835. The number of aromatic carboxylic acids is 1. The van der Waals surface area contributed by atoms with Gasteiger partial charge in [-0.2, -0.15) is 0 Å². The van der Waals surface area contributed by atoms with E-state index in [2.05, 4.69) is 11.6 Å². The molecule has 0 bridgehead atoms. The van der Waals surface area contributed by atoms with Crippen molar-refractivity contribution in [1.82, 2.24) is 4.72 Å². The quantitative estimate of drug-likeness (QED) is 0.687. The minimum atomic E-state index is -3.40. The van der Waals surface area contributed by atoms with Crippen LogP contribution in [0.15, 0.2) is 24.3 Å². The Bertz CT molecular complexity index is 552.